The van der Waals surface area contributed by atoms with Crippen LogP contribution in [-0.4, -0.2) is 17.8 Å². The van der Waals surface area contributed by atoms with Crippen LogP contribution in [-0.2, 0) is 4.79 Å². The lowest BCUT2D eigenvalue weighted by Gasteiger charge is -2.10. The van der Waals surface area contributed by atoms with Gasteiger partial charge in [0.25, 0.3) is 0 Å². The van der Waals surface area contributed by atoms with Gasteiger partial charge in [0.05, 0.1) is 0 Å². The fourth-order valence-corrected chi connectivity index (χ4v) is 1.86. The van der Waals surface area contributed by atoms with Gasteiger partial charge in [-0.3, -0.25) is 10.1 Å². The molecule has 2 N–H and O–H groups in total. The second-order valence-corrected chi connectivity index (χ2v) is 5.04. The van der Waals surface area contributed by atoms with Crippen LogP contribution >= 0.6 is 27.5 Å². The molecule has 0 saturated heterocycles. The van der Waals surface area contributed by atoms with E-state index in [0.29, 0.717) is 5.69 Å². The fraction of sp³-hybridized carbons (Fsp3) is 0.333. The van der Waals surface area contributed by atoms with E-state index in [1.165, 1.54) is 0 Å². The fourth-order valence-electron chi connectivity index (χ4n) is 1.46. The summed E-state index contributed by atoms with van der Waals surface area (Å²) in [4.78, 5) is 22.7. The van der Waals surface area contributed by atoms with E-state index in [4.69, 9.17) is 11.6 Å². The Bertz CT molecular complexity index is 454. The van der Waals surface area contributed by atoms with Crippen LogP contribution in [0.3, 0.4) is 0 Å². The Labute approximate surface area is 119 Å². The van der Waals surface area contributed by atoms with Crippen molar-refractivity contribution in [2.45, 2.75) is 20.3 Å². The highest BCUT2D eigenvalue weighted by molar-refractivity contribution is 9.10. The maximum Gasteiger partial charge on any atom is 0.325 e. The molecule has 1 aromatic carbocycles. The molecule has 4 nitrogen and oxygen atoms in total. The largest absolute Gasteiger partial charge is 0.325 e. The number of anilines is 1. The van der Waals surface area contributed by atoms with E-state index in [1.807, 2.05) is 26.0 Å². The lowest BCUT2D eigenvalue weighted by atomic mass is 10.1. The molecule has 0 aliphatic heterocycles. The number of alkyl halides is 1. The summed E-state index contributed by atoms with van der Waals surface area (Å²) >= 11 is 8.84. The van der Waals surface area contributed by atoms with Crippen molar-refractivity contribution in [3.8, 4) is 0 Å². The second-order valence-electron chi connectivity index (χ2n) is 3.87. The molecule has 0 radical (unpaired) electrons. The molecular formula is C12H14BrClN2O2. The summed E-state index contributed by atoms with van der Waals surface area (Å²) in [5, 5.41) is 4.80. The van der Waals surface area contributed by atoms with Gasteiger partial charge in [0.2, 0.25) is 5.91 Å². The van der Waals surface area contributed by atoms with E-state index < -0.39 is 11.9 Å². The molecule has 0 saturated carbocycles. The Kier molecular flexibility index (Phi) is 5.62. The smallest absolute Gasteiger partial charge is 0.308 e. The molecule has 3 amide bonds. The Morgan fingerprint density at radius 3 is 2.33 bits per heavy atom. The third-order valence-electron chi connectivity index (χ3n) is 2.27. The summed E-state index contributed by atoms with van der Waals surface area (Å²) in [5.74, 6) is -0.205. The predicted octanol–water partition coefficient (Wildman–Crippen LogP) is 3.34. The minimum atomic E-state index is -0.550. The van der Waals surface area contributed by atoms with E-state index in [0.717, 1.165) is 15.6 Å². The quantitative estimate of drug-likeness (QED) is 0.834. The highest BCUT2D eigenvalue weighted by Gasteiger charge is 2.08. The zero-order chi connectivity index (χ0) is 13.7. The van der Waals surface area contributed by atoms with Gasteiger partial charge in [0.15, 0.2) is 0 Å². The van der Waals surface area contributed by atoms with Crippen molar-refractivity contribution in [2.75, 3.05) is 11.2 Å². The molecule has 6 heteroatoms. The van der Waals surface area contributed by atoms with Crippen LogP contribution < -0.4 is 10.6 Å². The minimum Gasteiger partial charge on any atom is -0.308 e. The van der Waals surface area contributed by atoms with E-state index in [-0.39, 0.29) is 12.3 Å². The van der Waals surface area contributed by atoms with Gasteiger partial charge >= 0.3 is 6.03 Å². The van der Waals surface area contributed by atoms with Crippen LogP contribution in [0.5, 0.6) is 0 Å². The number of halogens is 2. The number of rotatable bonds is 3. The van der Waals surface area contributed by atoms with E-state index in [1.54, 1.807) is 0 Å². The number of nitrogens with one attached hydrogen (secondary N) is 2. The third-order valence-corrected chi connectivity index (χ3v) is 3.71. The molecule has 0 fully saturated rings. The molecule has 0 unspecified atom stereocenters. The van der Waals surface area contributed by atoms with Gasteiger partial charge in [-0.25, -0.2) is 4.79 Å². The van der Waals surface area contributed by atoms with Crippen molar-refractivity contribution in [1.82, 2.24) is 5.32 Å². The normalized spacial score (nSPS) is 10.0. The van der Waals surface area contributed by atoms with Crippen molar-refractivity contribution in [3.05, 3.63) is 27.7 Å². The number of urea groups is 1. The maximum absolute atomic E-state index is 11.5. The number of carbonyl (C=O) groups is 2. The molecule has 0 aliphatic carbocycles. The monoisotopic (exact) mass is 332 g/mol. The van der Waals surface area contributed by atoms with Crippen molar-refractivity contribution < 1.29 is 9.59 Å². The topological polar surface area (TPSA) is 58.2 Å². The predicted molar refractivity (Wildman–Crippen MR) is 76.1 cm³/mol. The number of amides is 3. The van der Waals surface area contributed by atoms with Crippen molar-refractivity contribution >= 4 is 45.2 Å². The molecule has 98 valence electrons. The summed E-state index contributed by atoms with van der Waals surface area (Å²) in [7, 11) is 0. The van der Waals surface area contributed by atoms with Crippen molar-refractivity contribution in [1.29, 1.82) is 0 Å². The molecule has 1 rings (SSSR count). The van der Waals surface area contributed by atoms with Crippen molar-refractivity contribution in [2.24, 2.45) is 0 Å². The first-order valence-corrected chi connectivity index (χ1v) is 6.70. The van der Waals surface area contributed by atoms with Gasteiger partial charge in [0.1, 0.15) is 0 Å². The SMILES string of the molecule is Cc1cc(NC(=O)NC(=O)CCCl)cc(C)c1Br. The average molecular weight is 334 g/mol. The second kappa shape index (κ2) is 6.75. The number of hydrogen-bond acceptors (Lipinski definition) is 2. The number of aryl methyl sites for hydroxylation is 2. The Hall–Kier alpha value is -1.07. The lowest BCUT2D eigenvalue weighted by Crippen LogP contribution is -2.34. The third kappa shape index (κ3) is 4.31. The Balaban J connectivity index is 2.68. The standard InChI is InChI=1S/C12H14BrClN2O2/c1-7-5-9(6-8(2)11(7)13)15-12(18)16-10(17)3-4-14/h5-6H,3-4H2,1-2H3,(H2,15,16,17,18). The number of hydrogen-bond donors (Lipinski definition) is 2. The molecule has 0 aromatic heterocycles. The Morgan fingerprint density at radius 1 is 1.28 bits per heavy atom. The maximum atomic E-state index is 11.5. The van der Waals surface area contributed by atoms with Crippen LogP contribution in [0.2, 0.25) is 0 Å². The molecule has 0 aliphatic rings. The molecule has 18 heavy (non-hydrogen) atoms. The number of carbonyl (C=O) groups excluding carboxylic acids is 2. The van der Waals surface area contributed by atoms with Crippen molar-refractivity contribution in [3.63, 3.8) is 0 Å². The first-order chi connectivity index (χ1) is 8.43. The number of imide groups is 1. The molecular weight excluding hydrogens is 320 g/mol. The summed E-state index contributed by atoms with van der Waals surface area (Å²) < 4.78 is 1.01. The van der Waals surface area contributed by atoms with Crippen LogP contribution in [0, 0.1) is 13.8 Å². The summed E-state index contributed by atoms with van der Waals surface area (Å²) in [6, 6.07) is 3.09. The van der Waals surface area contributed by atoms with Crippen LogP contribution in [0.15, 0.2) is 16.6 Å². The first kappa shape index (κ1) is 15.0. The van der Waals surface area contributed by atoms with Crippen LogP contribution in [0.25, 0.3) is 0 Å². The van der Waals surface area contributed by atoms with Gasteiger partial charge in [-0.1, -0.05) is 15.9 Å². The molecule has 0 spiro atoms. The Morgan fingerprint density at radius 2 is 1.83 bits per heavy atom. The minimum absolute atomic E-state index is 0.118. The lowest BCUT2D eigenvalue weighted by molar-refractivity contribution is -0.119. The highest BCUT2D eigenvalue weighted by Crippen LogP contribution is 2.24. The highest BCUT2D eigenvalue weighted by atomic mass is 79.9. The van der Waals surface area contributed by atoms with Crippen LogP contribution in [0.4, 0.5) is 10.5 Å². The van der Waals surface area contributed by atoms with E-state index in [9.17, 15) is 9.59 Å². The van der Waals surface area contributed by atoms with E-state index >= 15 is 0 Å². The molecule has 1 aromatic rings. The van der Waals surface area contributed by atoms with Gasteiger partial charge in [-0.05, 0) is 37.1 Å². The average Bonchev–Trinajstić information content (AvgIpc) is 2.25. The van der Waals surface area contributed by atoms with Gasteiger partial charge in [0, 0.05) is 22.5 Å². The number of benzene rings is 1. The van der Waals surface area contributed by atoms with Crippen LogP contribution in [0.1, 0.15) is 17.5 Å². The molecule has 0 heterocycles. The van der Waals surface area contributed by atoms with Gasteiger partial charge in [-0.15, -0.1) is 11.6 Å². The zero-order valence-electron chi connectivity index (χ0n) is 10.1. The summed E-state index contributed by atoms with van der Waals surface area (Å²) in [5.41, 5.74) is 2.67. The van der Waals surface area contributed by atoms with Gasteiger partial charge < -0.3 is 5.32 Å². The zero-order valence-corrected chi connectivity index (χ0v) is 12.5. The molecule has 0 bridgehead atoms. The summed E-state index contributed by atoms with van der Waals surface area (Å²) in [6.07, 6.45) is 0.118. The summed E-state index contributed by atoms with van der Waals surface area (Å²) in [6.45, 7) is 3.86. The van der Waals surface area contributed by atoms with E-state index in [2.05, 4.69) is 26.6 Å². The van der Waals surface area contributed by atoms with Gasteiger partial charge in [-0.2, -0.15) is 0 Å². The first-order valence-electron chi connectivity index (χ1n) is 5.37. The molecule has 0 atom stereocenters.